The quantitative estimate of drug-likeness (QED) is 0.387. The molecule has 2 heterocycles. The lowest BCUT2D eigenvalue weighted by Crippen LogP contribution is -2.21. The van der Waals surface area contributed by atoms with Crippen LogP contribution in [0.25, 0.3) is 16.9 Å². The van der Waals surface area contributed by atoms with Gasteiger partial charge in [-0.15, -0.1) is 5.10 Å². The van der Waals surface area contributed by atoms with Crippen LogP contribution in [0.15, 0.2) is 53.6 Å². The van der Waals surface area contributed by atoms with E-state index in [2.05, 4.69) is 15.3 Å². The molecule has 10 heteroatoms. The first-order valence-electron chi connectivity index (χ1n) is 8.25. The monoisotopic (exact) mass is 396 g/mol. The number of hydrogen-bond acceptors (Lipinski definition) is 6. The first kappa shape index (κ1) is 17.8. The maximum atomic E-state index is 12.7. The molecule has 0 saturated heterocycles. The highest BCUT2D eigenvalue weighted by molar-refractivity contribution is 6.31. The van der Waals surface area contributed by atoms with Crippen LogP contribution in [0.4, 0.5) is 5.69 Å². The molecule has 0 radical (unpaired) electrons. The number of nitro groups is 1. The third-order valence-corrected chi connectivity index (χ3v) is 4.74. The van der Waals surface area contributed by atoms with Crippen molar-refractivity contribution in [1.29, 1.82) is 0 Å². The van der Waals surface area contributed by atoms with Crippen molar-refractivity contribution in [2.75, 3.05) is 0 Å². The van der Waals surface area contributed by atoms with Crippen LogP contribution in [0.2, 0.25) is 5.02 Å². The van der Waals surface area contributed by atoms with Gasteiger partial charge in [0.15, 0.2) is 11.2 Å². The van der Waals surface area contributed by atoms with Gasteiger partial charge in [-0.05, 0) is 30.2 Å². The van der Waals surface area contributed by atoms with Gasteiger partial charge in [0.1, 0.15) is 6.33 Å². The number of fused-ring (bicyclic) bond motifs is 1. The standard InChI is InChI=1S/C18H13ClN6O3/c1-11-2-5-14(8-15(11)19)24-17-16(21-22-24)18(26)23(10-20-17)9-12-3-6-13(7-4-12)25(27)28/h2-8,10H,9H2,1H3. The summed E-state index contributed by atoms with van der Waals surface area (Å²) >= 11 is 6.17. The second-order valence-corrected chi connectivity index (χ2v) is 6.62. The highest BCUT2D eigenvalue weighted by Gasteiger charge is 2.14. The molecule has 0 unspecified atom stereocenters. The van der Waals surface area contributed by atoms with Crippen molar-refractivity contribution in [3.63, 3.8) is 0 Å². The molecular weight excluding hydrogens is 384 g/mol. The van der Waals surface area contributed by atoms with Gasteiger partial charge in [-0.2, -0.15) is 4.68 Å². The molecule has 0 aliphatic rings. The molecule has 28 heavy (non-hydrogen) atoms. The van der Waals surface area contributed by atoms with Crippen LogP contribution < -0.4 is 5.56 Å². The van der Waals surface area contributed by atoms with Gasteiger partial charge in [-0.25, -0.2) is 4.98 Å². The predicted molar refractivity (Wildman–Crippen MR) is 103 cm³/mol. The summed E-state index contributed by atoms with van der Waals surface area (Å²) in [6.45, 7) is 2.10. The van der Waals surface area contributed by atoms with Gasteiger partial charge in [0.25, 0.3) is 11.2 Å². The number of aromatic nitrogens is 5. The zero-order valence-corrected chi connectivity index (χ0v) is 15.4. The van der Waals surface area contributed by atoms with Crippen molar-refractivity contribution in [2.45, 2.75) is 13.5 Å². The van der Waals surface area contributed by atoms with E-state index in [-0.39, 0.29) is 23.3 Å². The topological polar surface area (TPSA) is 109 Å². The van der Waals surface area contributed by atoms with Crippen molar-refractivity contribution in [3.05, 3.63) is 85.4 Å². The van der Waals surface area contributed by atoms with E-state index in [0.29, 0.717) is 16.4 Å². The van der Waals surface area contributed by atoms with E-state index in [0.717, 1.165) is 11.1 Å². The van der Waals surface area contributed by atoms with Crippen molar-refractivity contribution in [2.24, 2.45) is 0 Å². The maximum Gasteiger partial charge on any atom is 0.283 e. The lowest BCUT2D eigenvalue weighted by Gasteiger charge is -2.06. The van der Waals surface area contributed by atoms with Gasteiger partial charge < -0.3 is 0 Å². The van der Waals surface area contributed by atoms with Crippen LogP contribution in [0, 0.1) is 17.0 Å². The molecule has 0 aliphatic carbocycles. The normalized spacial score (nSPS) is 11.1. The summed E-state index contributed by atoms with van der Waals surface area (Å²) in [6.07, 6.45) is 1.40. The van der Waals surface area contributed by atoms with Crippen molar-refractivity contribution in [1.82, 2.24) is 24.5 Å². The number of nitro benzene ring substituents is 1. The van der Waals surface area contributed by atoms with Crippen molar-refractivity contribution in [3.8, 4) is 5.69 Å². The molecular formula is C18H13ClN6O3. The van der Waals surface area contributed by atoms with Crippen molar-refractivity contribution >= 4 is 28.5 Å². The number of benzene rings is 2. The Bertz CT molecular complexity index is 1260. The number of aryl methyl sites for hydroxylation is 1. The maximum absolute atomic E-state index is 12.7. The molecule has 0 N–H and O–H groups in total. The summed E-state index contributed by atoms with van der Waals surface area (Å²) in [6, 6.07) is 11.4. The molecule has 9 nitrogen and oxygen atoms in total. The third kappa shape index (κ3) is 3.12. The summed E-state index contributed by atoms with van der Waals surface area (Å²) < 4.78 is 2.84. The zero-order chi connectivity index (χ0) is 19.8. The number of hydrogen-bond donors (Lipinski definition) is 0. The molecule has 140 valence electrons. The molecule has 2 aromatic heterocycles. The molecule has 0 saturated carbocycles. The van der Waals surface area contributed by atoms with Crippen LogP contribution in [0.1, 0.15) is 11.1 Å². The van der Waals surface area contributed by atoms with Gasteiger partial charge in [-0.3, -0.25) is 19.5 Å². The zero-order valence-electron chi connectivity index (χ0n) is 14.6. The second-order valence-electron chi connectivity index (χ2n) is 6.21. The number of non-ortho nitro benzene ring substituents is 1. The fourth-order valence-electron chi connectivity index (χ4n) is 2.76. The van der Waals surface area contributed by atoms with E-state index in [1.165, 1.54) is 27.7 Å². The van der Waals surface area contributed by atoms with Crippen LogP contribution >= 0.6 is 11.6 Å². The molecule has 2 aromatic carbocycles. The van der Waals surface area contributed by atoms with Gasteiger partial charge in [0.2, 0.25) is 0 Å². The molecule has 4 aromatic rings. The minimum absolute atomic E-state index is 0.00984. The average molecular weight is 397 g/mol. The van der Waals surface area contributed by atoms with E-state index in [9.17, 15) is 14.9 Å². The minimum atomic E-state index is -0.473. The minimum Gasteiger partial charge on any atom is -0.293 e. The molecule has 0 spiro atoms. The van der Waals surface area contributed by atoms with Gasteiger partial charge in [-0.1, -0.05) is 35.0 Å². The lowest BCUT2D eigenvalue weighted by atomic mass is 10.2. The van der Waals surface area contributed by atoms with Gasteiger partial charge >= 0.3 is 0 Å². The van der Waals surface area contributed by atoms with Crippen molar-refractivity contribution < 1.29 is 4.92 Å². The summed E-state index contributed by atoms with van der Waals surface area (Å²) in [7, 11) is 0. The Morgan fingerprint density at radius 1 is 1.18 bits per heavy atom. The molecule has 0 atom stereocenters. The largest absolute Gasteiger partial charge is 0.293 e. The second kappa shape index (κ2) is 6.86. The molecule has 0 amide bonds. The smallest absolute Gasteiger partial charge is 0.283 e. The Hall–Kier alpha value is -3.59. The SMILES string of the molecule is Cc1ccc(-n2nnc3c(=O)n(Cc4ccc([N+](=O)[O-])cc4)cnc32)cc1Cl. The van der Waals surface area contributed by atoms with Crippen LogP contribution in [-0.4, -0.2) is 29.5 Å². The molecule has 0 fully saturated rings. The molecule has 0 aliphatic heterocycles. The van der Waals surface area contributed by atoms with Crippen LogP contribution in [-0.2, 0) is 6.54 Å². The molecule has 0 bridgehead atoms. The predicted octanol–water partition coefficient (Wildman–Crippen LogP) is 2.90. The Morgan fingerprint density at radius 3 is 2.61 bits per heavy atom. The Labute approximate surface area is 163 Å². The highest BCUT2D eigenvalue weighted by Crippen LogP contribution is 2.20. The summed E-state index contributed by atoms with van der Waals surface area (Å²) in [5.41, 5.74) is 2.39. The van der Waals surface area contributed by atoms with Gasteiger partial charge in [0, 0.05) is 17.2 Å². The number of rotatable bonds is 4. The van der Waals surface area contributed by atoms with E-state index in [1.807, 2.05) is 19.1 Å². The first-order chi connectivity index (χ1) is 13.4. The van der Waals surface area contributed by atoms with E-state index >= 15 is 0 Å². The lowest BCUT2D eigenvalue weighted by molar-refractivity contribution is -0.384. The highest BCUT2D eigenvalue weighted by atomic mass is 35.5. The van der Waals surface area contributed by atoms with E-state index in [1.54, 1.807) is 18.2 Å². The first-order valence-corrected chi connectivity index (χ1v) is 8.62. The summed E-state index contributed by atoms with van der Waals surface area (Å²) in [5.74, 6) is 0. The number of nitrogens with zero attached hydrogens (tertiary/aromatic N) is 6. The number of halogens is 1. The Kier molecular flexibility index (Phi) is 4.36. The van der Waals surface area contributed by atoms with Crippen LogP contribution in [0.5, 0.6) is 0 Å². The van der Waals surface area contributed by atoms with E-state index in [4.69, 9.17) is 11.6 Å². The van der Waals surface area contributed by atoms with Crippen LogP contribution in [0.3, 0.4) is 0 Å². The summed E-state index contributed by atoms with van der Waals surface area (Å²) in [4.78, 5) is 27.3. The average Bonchev–Trinajstić information content (AvgIpc) is 3.11. The fourth-order valence-corrected chi connectivity index (χ4v) is 2.94. The Morgan fingerprint density at radius 2 is 1.93 bits per heavy atom. The Balaban J connectivity index is 1.71. The summed E-state index contributed by atoms with van der Waals surface area (Å²) in [5, 5.41) is 19.3. The van der Waals surface area contributed by atoms with E-state index < -0.39 is 4.92 Å². The third-order valence-electron chi connectivity index (χ3n) is 4.33. The molecule has 4 rings (SSSR count). The van der Waals surface area contributed by atoms with Gasteiger partial charge in [0.05, 0.1) is 17.2 Å². The fraction of sp³-hybridized carbons (Fsp3) is 0.111.